The third-order valence-corrected chi connectivity index (χ3v) is 6.19. The third-order valence-electron chi connectivity index (χ3n) is 4.42. The molecule has 1 aliphatic heterocycles. The maximum atomic E-state index is 11.4. The van der Waals surface area contributed by atoms with Crippen LogP contribution in [0, 0.1) is 6.92 Å². The lowest BCUT2D eigenvalue weighted by Gasteiger charge is -2.16. The van der Waals surface area contributed by atoms with Gasteiger partial charge in [-0.15, -0.1) is 0 Å². The number of nitrogens with zero attached hydrogens (tertiary/aromatic N) is 2. The Morgan fingerprint density at radius 3 is 2.90 bits per heavy atom. The first-order valence-corrected chi connectivity index (χ1v) is 9.36. The van der Waals surface area contributed by atoms with Crippen LogP contribution >= 0.6 is 0 Å². The summed E-state index contributed by atoms with van der Waals surface area (Å²) in [4.78, 5) is 4.66. The minimum absolute atomic E-state index is 0.139. The van der Waals surface area contributed by atoms with Crippen molar-refractivity contribution in [1.29, 1.82) is 0 Å². The van der Waals surface area contributed by atoms with Crippen molar-refractivity contribution in [2.45, 2.75) is 51.6 Å². The number of imidazole rings is 1. The van der Waals surface area contributed by atoms with Gasteiger partial charge in [-0.1, -0.05) is 0 Å². The van der Waals surface area contributed by atoms with Crippen LogP contribution < -0.4 is 5.32 Å². The summed E-state index contributed by atoms with van der Waals surface area (Å²) in [7, 11) is -2.78. The van der Waals surface area contributed by atoms with Crippen molar-refractivity contribution >= 4 is 9.84 Å². The number of nitrogens with one attached hydrogen (secondary N) is 1. The van der Waals surface area contributed by atoms with Gasteiger partial charge in [0.1, 0.15) is 5.82 Å². The van der Waals surface area contributed by atoms with Gasteiger partial charge >= 0.3 is 0 Å². The molecule has 1 aliphatic carbocycles. The molecule has 1 N–H and O–H groups in total. The van der Waals surface area contributed by atoms with E-state index in [1.165, 1.54) is 24.2 Å². The Morgan fingerprint density at radius 1 is 1.35 bits per heavy atom. The van der Waals surface area contributed by atoms with Gasteiger partial charge in [0, 0.05) is 24.8 Å². The number of sulfone groups is 1. The Labute approximate surface area is 120 Å². The molecule has 1 aromatic heterocycles. The van der Waals surface area contributed by atoms with Gasteiger partial charge in [0.25, 0.3) is 0 Å². The fourth-order valence-electron chi connectivity index (χ4n) is 3.37. The first-order chi connectivity index (χ1) is 9.55. The zero-order valence-corrected chi connectivity index (χ0v) is 12.9. The van der Waals surface area contributed by atoms with Gasteiger partial charge in [-0.2, -0.15) is 0 Å². The summed E-state index contributed by atoms with van der Waals surface area (Å²) in [5.41, 5.74) is 2.67. The highest BCUT2D eigenvalue weighted by molar-refractivity contribution is 7.91. The minimum atomic E-state index is -2.78. The average molecular weight is 297 g/mol. The Hall–Kier alpha value is -0.880. The number of hydrogen-bond acceptors (Lipinski definition) is 4. The molecule has 1 unspecified atom stereocenters. The molecule has 0 saturated carbocycles. The van der Waals surface area contributed by atoms with Crippen LogP contribution in [0.5, 0.6) is 0 Å². The summed E-state index contributed by atoms with van der Waals surface area (Å²) in [6.45, 7) is 3.78. The molecule has 3 rings (SSSR count). The minimum Gasteiger partial charge on any atom is -0.331 e. The summed E-state index contributed by atoms with van der Waals surface area (Å²) in [5.74, 6) is 1.73. The van der Waals surface area contributed by atoms with Gasteiger partial charge in [-0.25, -0.2) is 13.4 Å². The maximum absolute atomic E-state index is 11.4. The molecule has 0 amide bonds. The molecule has 1 atom stereocenters. The number of aromatic nitrogens is 2. The molecule has 1 saturated heterocycles. The first-order valence-electron chi connectivity index (χ1n) is 7.54. The van der Waals surface area contributed by atoms with Gasteiger partial charge in [-0.3, -0.25) is 0 Å². The lowest BCUT2D eigenvalue weighted by Crippen LogP contribution is -2.33. The molecule has 1 aromatic rings. The number of hydrogen-bond donors (Lipinski definition) is 1. The zero-order valence-electron chi connectivity index (χ0n) is 12.1. The predicted molar refractivity (Wildman–Crippen MR) is 78.7 cm³/mol. The summed E-state index contributed by atoms with van der Waals surface area (Å²) in [6, 6.07) is 0.139. The van der Waals surface area contributed by atoms with Crippen molar-refractivity contribution in [3.8, 4) is 0 Å². The van der Waals surface area contributed by atoms with Gasteiger partial charge in [0.2, 0.25) is 0 Å². The normalized spacial score (nSPS) is 24.8. The molecule has 6 heteroatoms. The standard InChI is InChI=1S/C14H23N3O2S/c1-11-16-13-4-2-3-5-14(13)17(11)8-7-15-12-6-9-20(18,19)10-12/h12,15H,2-10H2,1H3. The van der Waals surface area contributed by atoms with E-state index < -0.39 is 9.84 Å². The molecular weight excluding hydrogens is 274 g/mol. The van der Waals surface area contributed by atoms with Crippen LogP contribution in [0.15, 0.2) is 0 Å². The van der Waals surface area contributed by atoms with Crippen molar-refractivity contribution < 1.29 is 8.42 Å². The molecule has 0 aromatic carbocycles. The smallest absolute Gasteiger partial charge is 0.151 e. The average Bonchev–Trinajstić information content (AvgIpc) is 2.90. The van der Waals surface area contributed by atoms with Crippen molar-refractivity contribution in [2.75, 3.05) is 18.1 Å². The molecule has 2 heterocycles. The second-order valence-electron chi connectivity index (χ2n) is 5.97. The van der Waals surface area contributed by atoms with Crippen LogP contribution in [0.3, 0.4) is 0 Å². The van der Waals surface area contributed by atoms with E-state index in [1.807, 2.05) is 0 Å². The number of rotatable bonds is 4. The van der Waals surface area contributed by atoms with Crippen LogP contribution in [-0.2, 0) is 29.2 Å². The maximum Gasteiger partial charge on any atom is 0.151 e. The largest absolute Gasteiger partial charge is 0.331 e. The predicted octanol–water partition coefficient (Wildman–Crippen LogP) is 0.847. The van der Waals surface area contributed by atoms with E-state index in [0.717, 1.165) is 38.2 Å². The highest BCUT2D eigenvalue weighted by atomic mass is 32.2. The molecule has 112 valence electrons. The van der Waals surface area contributed by atoms with Crippen molar-refractivity contribution in [1.82, 2.24) is 14.9 Å². The molecule has 1 fully saturated rings. The van der Waals surface area contributed by atoms with E-state index in [2.05, 4.69) is 21.8 Å². The number of fused-ring (bicyclic) bond motifs is 1. The molecule has 0 spiro atoms. The lowest BCUT2D eigenvalue weighted by atomic mass is 10.0. The quantitative estimate of drug-likeness (QED) is 0.895. The van der Waals surface area contributed by atoms with Gasteiger partial charge < -0.3 is 9.88 Å². The van der Waals surface area contributed by atoms with E-state index >= 15 is 0 Å². The van der Waals surface area contributed by atoms with Crippen LogP contribution in [0.4, 0.5) is 0 Å². The fourth-order valence-corrected chi connectivity index (χ4v) is 5.08. The van der Waals surface area contributed by atoms with E-state index in [9.17, 15) is 8.42 Å². The lowest BCUT2D eigenvalue weighted by molar-refractivity contribution is 0.504. The van der Waals surface area contributed by atoms with E-state index in [1.54, 1.807) is 0 Å². The molecular formula is C14H23N3O2S. The van der Waals surface area contributed by atoms with Crippen molar-refractivity contribution in [2.24, 2.45) is 0 Å². The van der Waals surface area contributed by atoms with Crippen LogP contribution in [0.2, 0.25) is 0 Å². The Kier molecular flexibility index (Phi) is 3.86. The molecule has 0 bridgehead atoms. The van der Waals surface area contributed by atoms with Gasteiger partial charge in [0.15, 0.2) is 9.84 Å². The van der Waals surface area contributed by atoms with Crippen molar-refractivity contribution in [3.05, 3.63) is 17.2 Å². The van der Waals surface area contributed by atoms with Gasteiger partial charge in [0.05, 0.1) is 17.2 Å². The Balaban J connectivity index is 1.58. The van der Waals surface area contributed by atoms with E-state index in [0.29, 0.717) is 11.5 Å². The summed E-state index contributed by atoms with van der Waals surface area (Å²) in [5, 5.41) is 3.38. The highest BCUT2D eigenvalue weighted by Crippen LogP contribution is 2.21. The second-order valence-corrected chi connectivity index (χ2v) is 8.19. The van der Waals surface area contributed by atoms with E-state index in [-0.39, 0.29) is 6.04 Å². The van der Waals surface area contributed by atoms with Gasteiger partial charge in [-0.05, 0) is 39.0 Å². The molecule has 0 radical (unpaired) electrons. The number of aryl methyl sites for hydroxylation is 2. The highest BCUT2D eigenvalue weighted by Gasteiger charge is 2.27. The monoisotopic (exact) mass is 297 g/mol. The first kappa shape index (κ1) is 14.1. The molecule has 20 heavy (non-hydrogen) atoms. The Morgan fingerprint density at radius 2 is 2.15 bits per heavy atom. The summed E-state index contributed by atoms with van der Waals surface area (Å²) in [6.07, 6.45) is 5.50. The summed E-state index contributed by atoms with van der Waals surface area (Å²) < 4.78 is 25.2. The van der Waals surface area contributed by atoms with Crippen molar-refractivity contribution in [3.63, 3.8) is 0 Å². The zero-order chi connectivity index (χ0) is 14.2. The molecule has 2 aliphatic rings. The van der Waals surface area contributed by atoms with E-state index in [4.69, 9.17) is 0 Å². The third kappa shape index (κ3) is 2.91. The topological polar surface area (TPSA) is 64.0 Å². The van der Waals surface area contributed by atoms with Crippen LogP contribution in [0.1, 0.15) is 36.5 Å². The second kappa shape index (κ2) is 5.48. The SMILES string of the molecule is Cc1nc2c(n1CCNC1CCS(=O)(=O)C1)CCCC2. The Bertz CT molecular complexity index is 592. The summed E-state index contributed by atoms with van der Waals surface area (Å²) >= 11 is 0. The molecule has 5 nitrogen and oxygen atoms in total. The van der Waals surface area contributed by atoms with Crippen LogP contribution in [-0.4, -0.2) is 42.1 Å². The fraction of sp³-hybridized carbons (Fsp3) is 0.786. The van der Waals surface area contributed by atoms with Crippen LogP contribution in [0.25, 0.3) is 0 Å².